The van der Waals surface area contributed by atoms with Crippen LogP contribution in [0.3, 0.4) is 0 Å². The van der Waals surface area contributed by atoms with Crippen molar-refractivity contribution in [2.24, 2.45) is 4.99 Å². The summed E-state index contributed by atoms with van der Waals surface area (Å²) in [6, 6.07) is 15.8. The monoisotopic (exact) mass is 332 g/mol. The lowest BCUT2D eigenvalue weighted by atomic mass is 10.2. The number of benzene rings is 2. The Morgan fingerprint density at radius 1 is 1.10 bits per heavy atom. The second-order valence-electron chi connectivity index (χ2n) is 4.54. The molecule has 104 valence electrons. The summed E-state index contributed by atoms with van der Waals surface area (Å²) in [5, 5.41) is 0. The summed E-state index contributed by atoms with van der Waals surface area (Å²) in [5.74, 6) is 1.75. The van der Waals surface area contributed by atoms with E-state index >= 15 is 0 Å². The molecule has 2 rings (SSSR count). The van der Waals surface area contributed by atoms with E-state index < -0.39 is 0 Å². The van der Waals surface area contributed by atoms with Crippen LogP contribution in [0.15, 0.2) is 58.0 Å². The second kappa shape index (κ2) is 6.57. The molecule has 0 spiro atoms. The molecular weight excluding hydrogens is 316 g/mol. The summed E-state index contributed by atoms with van der Waals surface area (Å²) < 4.78 is 6.20. The van der Waals surface area contributed by atoms with E-state index in [-0.39, 0.29) is 0 Å². The fraction of sp³-hybridized carbons (Fsp3) is 0.188. The van der Waals surface area contributed by atoms with Gasteiger partial charge in [0.1, 0.15) is 11.6 Å². The maximum Gasteiger partial charge on any atom is 0.136 e. The van der Waals surface area contributed by atoms with Crippen molar-refractivity contribution in [1.29, 1.82) is 0 Å². The number of halogens is 1. The smallest absolute Gasteiger partial charge is 0.136 e. The molecule has 0 heterocycles. The van der Waals surface area contributed by atoms with Gasteiger partial charge in [0.25, 0.3) is 0 Å². The summed E-state index contributed by atoms with van der Waals surface area (Å²) in [7, 11) is 5.64. The van der Waals surface area contributed by atoms with Crippen molar-refractivity contribution >= 4 is 27.5 Å². The highest BCUT2D eigenvalue weighted by Crippen LogP contribution is 2.21. The predicted octanol–water partition coefficient (Wildman–Crippen LogP) is 4.10. The molecule has 2 aromatic rings. The standard InChI is InChI=1S/C16H17BrN2O/c1-19(2)16(12-7-9-15(20-3)10-8-12)18-14-6-4-5-13(17)11-14/h4-11H,1-3H3. The first-order chi connectivity index (χ1) is 9.60. The van der Waals surface area contributed by atoms with Gasteiger partial charge in [-0.1, -0.05) is 22.0 Å². The molecule has 0 aromatic heterocycles. The molecule has 0 saturated carbocycles. The number of ether oxygens (including phenoxy) is 1. The van der Waals surface area contributed by atoms with Gasteiger partial charge in [-0.15, -0.1) is 0 Å². The Balaban J connectivity index is 2.40. The highest BCUT2D eigenvalue weighted by atomic mass is 79.9. The molecule has 0 saturated heterocycles. The van der Waals surface area contributed by atoms with E-state index in [9.17, 15) is 0 Å². The first-order valence-electron chi connectivity index (χ1n) is 6.26. The number of amidine groups is 1. The van der Waals surface area contributed by atoms with Crippen LogP contribution in [0.25, 0.3) is 0 Å². The van der Waals surface area contributed by atoms with E-state index in [0.29, 0.717) is 0 Å². The molecule has 0 unspecified atom stereocenters. The maximum atomic E-state index is 5.18. The predicted molar refractivity (Wildman–Crippen MR) is 87.0 cm³/mol. The van der Waals surface area contributed by atoms with E-state index in [1.807, 2.05) is 67.5 Å². The minimum atomic E-state index is 0.842. The van der Waals surface area contributed by atoms with Crippen LogP contribution in [0.1, 0.15) is 5.56 Å². The van der Waals surface area contributed by atoms with Crippen LogP contribution in [0.5, 0.6) is 5.75 Å². The molecule has 0 N–H and O–H groups in total. The molecule has 0 bridgehead atoms. The zero-order valence-electron chi connectivity index (χ0n) is 11.8. The van der Waals surface area contributed by atoms with Gasteiger partial charge in [0.15, 0.2) is 0 Å². The van der Waals surface area contributed by atoms with E-state index in [0.717, 1.165) is 27.3 Å². The molecule has 2 aromatic carbocycles. The Kier molecular flexibility index (Phi) is 4.79. The number of rotatable bonds is 3. The third-order valence-electron chi connectivity index (χ3n) is 2.82. The van der Waals surface area contributed by atoms with E-state index in [1.165, 1.54) is 0 Å². The van der Waals surface area contributed by atoms with Gasteiger partial charge in [-0.2, -0.15) is 0 Å². The Morgan fingerprint density at radius 2 is 1.80 bits per heavy atom. The highest BCUT2D eigenvalue weighted by Gasteiger charge is 2.07. The van der Waals surface area contributed by atoms with Crippen molar-refractivity contribution in [2.45, 2.75) is 0 Å². The molecule has 20 heavy (non-hydrogen) atoms. The van der Waals surface area contributed by atoms with Gasteiger partial charge in [0.05, 0.1) is 12.8 Å². The average Bonchev–Trinajstić information content (AvgIpc) is 2.45. The molecule has 4 heteroatoms. The van der Waals surface area contributed by atoms with Gasteiger partial charge in [0.2, 0.25) is 0 Å². The van der Waals surface area contributed by atoms with Crippen molar-refractivity contribution in [1.82, 2.24) is 4.90 Å². The lowest BCUT2D eigenvalue weighted by Crippen LogP contribution is -2.22. The van der Waals surface area contributed by atoms with Gasteiger partial charge in [-0.3, -0.25) is 0 Å². The molecular formula is C16H17BrN2O. The molecule has 0 aliphatic carbocycles. The molecule has 0 aliphatic heterocycles. The van der Waals surface area contributed by atoms with Crippen LogP contribution >= 0.6 is 15.9 Å². The summed E-state index contributed by atoms with van der Waals surface area (Å²) in [6.07, 6.45) is 0. The lowest BCUT2D eigenvalue weighted by molar-refractivity contribution is 0.414. The summed E-state index contributed by atoms with van der Waals surface area (Å²) in [6.45, 7) is 0. The fourth-order valence-electron chi connectivity index (χ4n) is 1.83. The number of hydrogen-bond donors (Lipinski definition) is 0. The first-order valence-corrected chi connectivity index (χ1v) is 7.05. The van der Waals surface area contributed by atoms with E-state index in [4.69, 9.17) is 9.73 Å². The van der Waals surface area contributed by atoms with Crippen LogP contribution < -0.4 is 4.74 Å². The Morgan fingerprint density at radius 3 is 2.35 bits per heavy atom. The van der Waals surface area contributed by atoms with Crippen molar-refractivity contribution in [3.05, 3.63) is 58.6 Å². The SMILES string of the molecule is COc1ccc(C(=Nc2cccc(Br)c2)N(C)C)cc1. The van der Waals surface area contributed by atoms with Gasteiger partial charge < -0.3 is 9.64 Å². The number of nitrogens with zero attached hydrogens (tertiary/aromatic N) is 2. The summed E-state index contributed by atoms with van der Waals surface area (Å²) >= 11 is 3.46. The van der Waals surface area contributed by atoms with Crippen molar-refractivity contribution in [2.75, 3.05) is 21.2 Å². The number of hydrogen-bond acceptors (Lipinski definition) is 2. The molecule has 0 fully saturated rings. The third kappa shape index (κ3) is 3.61. The minimum absolute atomic E-state index is 0.842. The van der Waals surface area contributed by atoms with Crippen LogP contribution in [0.4, 0.5) is 5.69 Å². The van der Waals surface area contributed by atoms with Crippen molar-refractivity contribution in [3.8, 4) is 5.75 Å². The zero-order chi connectivity index (χ0) is 14.5. The van der Waals surface area contributed by atoms with Gasteiger partial charge in [-0.25, -0.2) is 4.99 Å². The summed E-state index contributed by atoms with van der Waals surface area (Å²) in [5.41, 5.74) is 1.97. The minimum Gasteiger partial charge on any atom is -0.497 e. The van der Waals surface area contributed by atoms with Crippen LogP contribution in [0, 0.1) is 0 Å². The molecule has 0 atom stereocenters. The lowest BCUT2D eigenvalue weighted by Gasteiger charge is -2.16. The molecule has 0 amide bonds. The normalized spacial score (nSPS) is 11.3. The fourth-order valence-corrected chi connectivity index (χ4v) is 2.22. The van der Waals surface area contributed by atoms with Crippen molar-refractivity contribution in [3.63, 3.8) is 0 Å². The van der Waals surface area contributed by atoms with Gasteiger partial charge >= 0.3 is 0 Å². The Hall–Kier alpha value is -1.81. The van der Waals surface area contributed by atoms with E-state index in [1.54, 1.807) is 7.11 Å². The van der Waals surface area contributed by atoms with E-state index in [2.05, 4.69) is 15.9 Å². The Bertz CT molecular complexity index is 606. The topological polar surface area (TPSA) is 24.8 Å². The molecule has 0 radical (unpaired) electrons. The third-order valence-corrected chi connectivity index (χ3v) is 3.31. The van der Waals surface area contributed by atoms with Gasteiger partial charge in [0, 0.05) is 24.1 Å². The van der Waals surface area contributed by atoms with Crippen LogP contribution in [0.2, 0.25) is 0 Å². The maximum absolute atomic E-state index is 5.18. The number of methoxy groups -OCH3 is 1. The second-order valence-corrected chi connectivity index (χ2v) is 5.45. The van der Waals surface area contributed by atoms with Gasteiger partial charge in [-0.05, 0) is 42.5 Å². The quantitative estimate of drug-likeness (QED) is 0.624. The van der Waals surface area contributed by atoms with Crippen LogP contribution in [-0.4, -0.2) is 31.9 Å². The molecule has 3 nitrogen and oxygen atoms in total. The van der Waals surface area contributed by atoms with Crippen molar-refractivity contribution < 1.29 is 4.74 Å². The largest absolute Gasteiger partial charge is 0.497 e. The average molecular weight is 333 g/mol. The van der Waals surface area contributed by atoms with Crippen LogP contribution in [-0.2, 0) is 0 Å². The Labute approximate surface area is 128 Å². The first kappa shape index (κ1) is 14.6. The summed E-state index contributed by atoms with van der Waals surface area (Å²) in [4.78, 5) is 6.72. The number of aliphatic imine (C=N–C) groups is 1. The molecule has 0 aliphatic rings. The zero-order valence-corrected chi connectivity index (χ0v) is 13.4. The highest BCUT2D eigenvalue weighted by molar-refractivity contribution is 9.10.